The van der Waals surface area contributed by atoms with Crippen LogP contribution in [0.3, 0.4) is 0 Å². The molecule has 2 heterocycles. The zero-order valence-corrected chi connectivity index (χ0v) is 18.4. The smallest absolute Gasteiger partial charge is 0.163 e. The second-order valence-corrected chi connectivity index (χ2v) is 8.23. The van der Waals surface area contributed by atoms with Crippen LogP contribution in [0.1, 0.15) is 39.5 Å². The molecule has 0 bridgehead atoms. The molecule has 1 aliphatic heterocycles. The summed E-state index contributed by atoms with van der Waals surface area (Å²) < 4.78 is 11.8. The largest absolute Gasteiger partial charge is 0.493 e. The third kappa shape index (κ3) is 4.46. The molecule has 1 atom stereocenters. The van der Waals surface area contributed by atoms with Crippen molar-refractivity contribution in [3.8, 4) is 11.5 Å². The van der Waals surface area contributed by atoms with Crippen molar-refractivity contribution in [2.75, 3.05) is 38.7 Å². The minimum atomic E-state index is 0.367. The van der Waals surface area contributed by atoms with Gasteiger partial charge in [-0.05, 0) is 57.8 Å². The number of benzene rings is 2. The Labute approximate surface area is 179 Å². The van der Waals surface area contributed by atoms with Gasteiger partial charge in [0.2, 0.25) is 0 Å². The number of rotatable bonds is 9. The quantitative estimate of drug-likeness (QED) is 0.376. The van der Waals surface area contributed by atoms with E-state index in [-0.39, 0.29) is 0 Å². The molecule has 2 aromatic carbocycles. The minimum absolute atomic E-state index is 0.367. The number of hydrogen-bond acceptors (Lipinski definition) is 5. The first-order chi connectivity index (χ1) is 14.7. The molecule has 30 heavy (non-hydrogen) atoms. The highest BCUT2D eigenvalue weighted by atomic mass is 16.5. The first-order valence-corrected chi connectivity index (χ1v) is 11.2. The van der Waals surface area contributed by atoms with Crippen LogP contribution in [0.2, 0.25) is 0 Å². The molecule has 0 radical (unpaired) electrons. The molecule has 0 amide bonds. The summed E-state index contributed by atoms with van der Waals surface area (Å²) in [4.78, 5) is 7.43. The number of para-hydroxylation sites is 1. The molecular formula is C25H33N3O2. The Morgan fingerprint density at radius 3 is 2.63 bits per heavy atom. The SMILES string of the molecule is CC[C@@H](C)Nc1c2ccccc2nc2cc(OCCCN3CCCC3)c(OC)cc12. The van der Waals surface area contributed by atoms with Crippen LogP contribution in [0.4, 0.5) is 5.69 Å². The van der Waals surface area contributed by atoms with E-state index in [1.807, 2.05) is 12.1 Å². The maximum Gasteiger partial charge on any atom is 0.163 e. The maximum atomic E-state index is 6.14. The lowest BCUT2D eigenvalue weighted by atomic mass is 10.1. The van der Waals surface area contributed by atoms with E-state index in [1.54, 1.807) is 7.11 Å². The molecule has 0 unspecified atom stereocenters. The third-order valence-corrected chi connectivity index (χ3v) is 6.04. The van der Waals surface area contributed by atoms with Gasteiger partial charge in [0.15, 0.2) is 11.5 Å². The van der Waals surface area contributed by atoms with Gasteiger partial charge in [0.1, 0.15) is 0 Å². The van der Waals surface area contributed by atoms with Gasteiger partial charge in [-0.2, -0.15) is 0 Å². The zero-order valence-electron chi connectivity index (χ0n) is 18.4. The molecule has 0 saturated carbocycles. The highest BCUT2D eigenvalue weighted by molar-refractivity contribution is 6.08. The van der Waals surface area contributed by atoms with Crippen molar-refractivity contribution in [3.05, 3.63) is 36.4 Å². The van der Waals surface area contributed by atoms with E-state index in [0.29, 0.717) is 12.6 Å². The number of methoxy groups -OCH3 is 1. The molecule has 5 nitrogen and oxygen atoms in total. The highest BCUT2D eigenvalue weighted by Gasteiger charge is 2.16. The van der Waals surface area contributed by atoms with Crippen molar-refractivity contribution >= 4 is 27.5 Å². The molecule has 5 heteroatoms. The lowest BCUT2D eigenvalue weighted by Gasteiger charge is -2.19. The predicted molar refractivity (Wildman–Crippen MR) is 125 cm³/mol. The first-order valence-electron chi connectivity index (χ1n) is 11.2. The van der Waals surface area contributed by atoms with Crippen LogP contribution in [-0.2, 0) is 0 Å². The number of hydrogen-bond donors (Lipinski definition) is 1. The van der Waals surface area contributed by atoms with Gasteiger partial charge in [0.05, 0.1) is 30.4 Å². The fourth-order valence-electron chi connectivity index (χ4n) is 4.15. The topological polar surface area (TPSA) is 46.6 Å². The number of pyridine rings is 1. The Bertz CT molecular complexity index is 999. The van der Waals surface area contributed by atoms with Gasteiger partial charge in [0, 0.05) is 29.4 Å². The maximum absolute atomic E-state index is 6.14. The normalized spacial score (nSPS) is 15.6. The van der Waals surface area contributed by atoms with Gasteiger partial charge >= 0.3 is 0 Å². The van der Waals surface area contributed by atoms with Crippen LogP contribution in [0, 0.1) is 0 Å². The van der Waals surface area contributed by atoms with E-state index in [9.17, 15) is 0 Å². The van der Waals surface area contributed by atoms with E-state index in [0.717, 1.165) is 58.4 Å². The van der Waals surface area contributed by atoms with E-state index in [4.69, 9.17) is 14.5 Å². The van der Waals surface area contributed by atoms with Crippen molar-refractivity contribution in [3.63, 3.8) is 0 Å². The van der Waals surface area contributed by atoms with Crippen molar-refractivity contribution in [1.82, 2.24) is 9.88 Å². The molecule has 1 saturated heterocycles. The number of nitrogens with one attached hydrogen (secondary N) is 1. The number of nitrogens with zero attached hydrogens (tertiary/aromatic N) is 2. The summed E-state index contributed by atoms with van der Waals surface area (Å²) in [5, 5.41) is 5.89. The highest BCUT2D eigenvalue weighted by Crippen LogP contribution is 2.38. The Morgan fingerprint density at radius 1 is 1.07 bits per heavy atom. The standard InChI is InChI=1S/C25H33N3O2/c1-4-18(2)26-25-19-10-5-6-11-21(19)27-22-17-24(23(29-3)16-20(22)25)30-15-9-14-28-12-7-8-13-28/h5-6,10-11,16-18H,4,7-9,12-15H2,1-3H3,(H,26,27)/t18-/m1/s1. The third-order valence-electron chi connectivity index (χ3n) is 6.04. The summed E-state index contributed by atoms with van der Waals surface area (Å²) in [5.74, 6) is 1.52. The van der Waals surface area contributed by atoms with Crippen LogP contribution in [-0.4, -0.2) is 49.3 Å². The van der Waals surface area contributed by atoms with Crippen molar-refractivity contribution in [2.24, 2.45) is 0 Å². The average Bonchev–Trinajstić information content (AvgIpc) is 3.29. The fourth-order valence-corrected chi connectivity index (χ4v) is 4.15. The number of ether oxygens (including phenoxy) is 2. The van der Waals surface area contributed by atoms with Gasteiger partial charge in [-0.25, -0.2) is 4.98 Å². The van der Waals surface area contributed by atoms with E-state index in [2.05, 4.69) is 48.3 Å². The van der Waals surface area contributed by atoms with E-state index in [1.165, 1.54) is 25.9 Å². The Morgan fingerprint density at radius 2 is 1.87 bits per heavy atom. The molecular weight excluding hydrogens is 374 g/mol. The number of aromatic nitrogens is 1. The van der Waals surface area contributed by atoms with E-state index < -0.39 is 0 Å². The Balaban J connectivity index is 1.64. The molecule has 4 rings (SSSR count). The van der Waals surface area contributed by atoms with Crippen LogP contribution < -0.4 is 14.8 Å². The monoisotopic (exact) mass is 407 g/mol. The molecule has 1 fully saturated rings. The Hall–Kier alpha value is -2.53. The van der Waals surface area contributed by atoms with Gasteiger partial charge in [-0.1, -0.05) is 25.1 Å². The summed E-state index contributed by atoms with van der Waals surface area (Å²) >= 11 is 0. The number of likely N-dealkylation sites (tertiary alicyclic amines) is 1. The van der Waals surface area contributed by atoms with Crippen LogP contribution in [0.25, 0.3) is 21.8 Å². The van der Waals surface area contributed by atoms with Gasteiger partial charge in [-0.3, -0.25) is 0 Å². The van der Waals surface area contributed by atoms with Crippen LogP contribution in [0.15, 0.2) is 36.4 Å². The fraction of sp³-hybridized carbons (Fsp3) is 0.480. The first kappa shape index (κ1) is 20.7. The Kier molecular flexibility index (Phi) is 6.58. The molecule has 0 spiro atoms. The summed E-state index contributed by atoms with van der Waals surface area (Å²) in [5.41, 5.74) is 3.03. The average molecular weight is 408 g/mol. The second kappa shape index (κ2) is 9.52. The lowest BCUT2D eigenvalue weighted by molar-refractivity contribution is 0.254. The molecule has 160 valence electrons. The van der Waals surface area contributed by atoms with Crippen molar-refractivity contribution in [2.45, 2.75) is 45.6 Å². The molecule has 1 N–H and O–H groups in total. The van der Waals surface area contributed by atoms with Crippen LogP contribution >= 0.6 is 0 Å². The van der Waals surface area contributed by atoms with Crippen LogP contribution in [0.5, 0.6) is 11.5 Å². The molecule has 0 aliphatic carbocycles. The minimum Gasteiger partial charge on any atom is -0.493 e. The van der Waals surface area contributed by atoms with Gasteiger partial charge in [-0.15, -0.1) is 0 Å². The number of fused-ring (bicyclic) bond motifs is 2. The van der Waals surface area contributed by atoms with Gasteiger partial charge in [0.25, 0.3) is 0 Å². The molecule has 1 aliphatic rings. The molecule has 1 aromatic heterocycles. The summed E-state index contributed by atoms with van der Waals surface area (Å²) in [6, 6.07) is 12.7. The zero-order chi connectivity index (χ0) is 20.9. The summed E-state index contributed by atoms with van der Waals surface area (Å²) in [6.45, 7) is 8.63. The van der Waals surface area contributed by atoms with Gasteiger partial charge < -0.3 is 19.7 Å². The summed E-state index contributed by atoms with van der Waals surface area (Å²) in [7, 11) is 1.70. The summed E-state index contributed by atoms with van der Waals surface area (Å²) in [6.07, 6.45) is 4.72. The van der Waals surface area contributed by atoms with Crippen molar-refractivity contribution < 1.29 is 9.47 Å². The van der Waals surface area contributed by atoms with E-state index >= 15 is 0 Å². The van der Waals surface area contributed by atoms with Crippen molar-refractivity contribution in [1.29, 1.82) is 0 Å². The second-order valence-electron chi connectivity index (χ2n) is 8.23. The molecule has 3 aromatic rings. The predicted octanol–water partition coefficient (Wildman–Crippen LogP) is 5.47. The lowest BCUT2D eigenvalue weighted by Crippen LogP contribution is -2.21. The number of anilines is 1.